The first-order valence-corrected chi connectivity index (χ1v) is 3.34. The first-order chi connectivity index (χ1) is 5.41. The Kier molecular flexibility index (Phi) is 3.60. The summed E-state index contributed by atoms with van der Waals surface area (Å²) in [6.45, 7) is 1.66. The predicted octanol–water partition coefficient (Wildman–Crippen LogP) is 3.02. The summed E-state index contributed by atoms with van der Waals surface area (Å²) < 4.78 is 36.1. The van der Waals surface area contributed by atoms with E-state index in [1.807, 2.05) is 0 Å². The molecule has 0 fully saturated rings. The second kappa shape index (κ2) is 3.87. The van der Waals surface area contributed by atoms with Crippen LogP contribution in [0.5, 0.6) is 0 Å². The first-order valence-electron chi connectivity index (χ1n) is 3.34. The second-order valence-corrected chi connectivity index (χ2v) is 2.57. The van der Waals surface area contributed by atoms with Gasteiger partial charge in [0.1, 0.15) is 0 Å². The largest absolute Gasteiger partial charge is 0.416 e. The molecule has 2 N–H and O–H groups in total. The average Bonchev–Trinajstić information content (AvgIpc) is 1.92. The number of nitrogen functional groups attached to an aromatic ring is 1. The molecule has 0 unspecified atom stereocenters. The van der Waals surface area contributed by atoms with Gasteiger partial charge in [0, 0.05) is 5.69 Å². The monoisotopic (exact) mass is 211 g/mol. The van der Waals surface area contributed by atoms with E-state index in [1.54, 1.807) is 6.92 Å². The van der Waals surface area contributed by atoms with Gasteiger partial charge in [-0.05, 0) is 24.6 Å². The van der Waals surface area contributed by atoms with E-state index in [4.69, 9.17) is 5.73 Å². The maximum atomic E-state index is 12.0. The summed E-state index contributed by atoms with van der Waals surface area (Å²) >= 11 is 0. The topological polar surface area (TPSA) is 26.0 Å². The van der Waals surface area contributed by atoms with Crippen LogP contribution in [0.4, 0.5) is 18.9 Å². The maximum absolute atomic E-state index is 12.0. The highest BCUT2D eigenvalue weighted by molar-refractivity contribution is 5.85. The SMILES string of the molecule is Cc1ccc(C(F)(F)F)cc1N.Cl. The molecule has 1 aromatic rings. The molecule has 0 saturated carbocycles. The fraction of sp³-hybridized carbons (Fsp3) is 0.250. The van der Waals surface area contributed by atoms with Gasteiger partial charge < -0.3 is 5.73 Å². The Balaban J connectivity index is 0.00000144. The van der Waals surface area contributed by atoms with Gasteiger partial charge in [0.25, 0.3) is 0 Å². The van der Waals surface area contributed by atoms with E-state index in [-0.39, 0.29) is 18.1 Å². The minimum atomic E-state index is -4.30. The minimum absolute atomic E-state index is 0. The molecular weight excluding hydrogens is 203 g/mol. The summed E-state index contributed by atoms with van der Waals surface area (Å²) in [5.74, 6) is 0. The predicted molar refractivity (Wildman–Crippen MR) is 47.8 cm³/mol. The third-order valence-electron chi connectivity index (χ3n) is 1.61. The first kappa shape index (κ1) is 12.1. The number of halogens is 4. The Hall–Kier alpha value is -0.900. The van der Waals surface area contributed by atoms with Gasteiger partial charge in [-0.3, -0.25) is 0 Å². The van der Waals surface area contributed by atoms with E-state index in [0.717, 1.165) is 12.1 Å². The zero-order valence-corrected chi connectivity index (χ0v) is 7.67. The number of rotatable bonds is 0. The average molecular weight is 212 g/mol. The van der Waals surface area contributed by atoms with Crippen molar-refractivity contribution in [1.82, 2.24) is 0 Å². The Labute approximate surface area is 80.2 Å². The summed E-state index contributed by atoms with van der Waals surface area (Å²) in [7, 11) is 0. The van der Waals surface area contributed by atoms with Crippen LogP contribution in [-0.4, -0.2) is 0 Å². The number of nitrogens with two attached hydrogens (primary N) is 1. The van der Waals surface area contributed by atoms with Crippen LogP contribution in [0.3, 0.4) is 0 Å². The molecule has 0 bridgehead atoms. The summed E-state index contributed by atoms with van der Waals surface area (Å²) in [4.78, 5) is 0. The maximum Gasteiger partial charge on any atom is 0.416 e. The van der Waals surface area contributed by atoms with Crippen LogP contribution in [-0.2, 0) is 6.18 Å². The molecule has 0 heterocycles. The summed E-state index contributed by atoms with van der Waals surface area (Å²) in [5, 5.41) is 0. The quantitative estimate of drug-likeness (QED) is 0.656. The highest BCUT2D eigenvalue weighted by Gasteiger charge is 2.30. The molecule has 0 aliphatic rings. The van der Waals surface area contributed by atoms with Crippen molar-refractivity contribution < 1.29 is 13.2 Å². The fourth-order valence-electron chi connectivity index (χ4n) is 0.817. The van der Waals surface area contributed by atoms with Crippen LogP contribution >= 0.6 is 12.4 Å². The lowest BCUT2D eigenvalue weighted by molar-refractivity contribution is -0.137. The van der Waals surface area contributed by atoms with Gasteiger partial charge in [-0.2, -0.15) is 13.2 Å². The molecule has 0 aliphatic heterocycles. The van der Waals surface area contributed by atoms with E-state index in [1.165, 1.54) is 6.07 Å². The van der Waals surface area contributed by atoms with E-state index < -0.39 is 11.7 Å². The Morgan fingerprint density at radius 1 is 1.23 bits per heavy atom. The number of anilines is 1. The number of hydrogen-bond acceptors (Lipinski definition) is 1. The third-order valence-corrected chi connectivity index (χ3v) is 1.61. The van der Waals surface area contributed by atoms with Gasteiger partial charge in [0.15, 0.2) is 0 Å². The van der Waals surface area contributed by atoms with Gasteiger partial charge in [-0.15, -0.1) is 12.4 Å². The van der Waals surface area contributed by atoms with Crippen molar-refractivity contribution >= 4 is 18.1 Å². The molecule has 0 atom stereocenters. The zero-order chi connectivity index (χ0) is 9.35. The summed E-state index contributed by atoms with van der Waals surface area (Å²) in [5.41, 5.74) is 5.44. The molecule has 5 heteroatoms. The molecule has 1 aromatic carbocycles. The normalized spacial score (nSPS) is 10.8. The molecule has 13 heavy (non-hydrogen) atoms. The summed E-state index contributed by atoms with van der Waals surface area (Å²) in [6, 6.07) is 3.32. The van der Waals surface area contributed by atoms with Gasteiger partial charge in [0.2, 0.25) is 0 Å². The van der Waals surface area contributed by atoms with Gasteiger partial charge in [-0.25, -0.2) is 0 Å². The third kappa shape index (κ3) is 2.81. The van der Waals surface area contributed by atoms with Crippen LogP contribution in [0.25, 0.3) is 0 Å². The van der Waals surface area contributed by atoms with Crippen LogP contribution in [0.1, 0.15) is 11.1 Å². The molecular formula is C8H9ClF3N. The van der Waals surface area contributed by atoms with E-state index in [9.17, 15) is 13.2 Å². The lowest BCUT2D eigenvalue weighted by atomic mass is 10.1. The number of alkyl halides is 3. The van der Waals surface area contributed by atoms with Crippen molar-refractivity contribution in [3.8, 4) is 0 Å². The van der Waals surface area contributed by atoms with Crippen molar-refractivity contribution in [2.45, 2.75) is 13.1 Å². The van der Waals surface area contributed by atoms with Crippen molar-refractivity contribution in [3.63, 3.8) is 0 Å². The summed E-state index contributed by atoms with van der Waals surface area (Å²) in [6.07, 6.45) is -4.30. The van der Waals surface area contributed by atoms with E-state index >= 15 is 0 Å². The molecule has 0 aromatic heterocycles. The molecule has 0 saturated heterocycles. The fourth-order valence-corrected chi connectivity index (χ4v) is 0.817. The lowest BCUT2D eigenvalue weighted by Gasteiger charge is -2.07. The molecule has 1 rings (SSSR count). The van der Waals surface area contributed by atoms with Gasteiger partial charge in [-0.1, -0.05) is 6.07 Å². The van der Waals surface area contributed by atoms with Crippen molar-refractivity contribution in [3.05, 3.63) is 29.3 Å². The Morgan fingerprint density at radius 2 is 1.77 bits per heavy atom. The smallest absolute Gasteiger partial charge is 0.399 e. The van der Waals surface area contributed by atoms with E-state index in [0.29, 0.717) is 5.56 Å². The van der Waals surface area contributed by atoms with Crippen molar-refractivity contribution in [2.24, 2.45) is 0 Å². The molecule has 0 spiro atoms. The highest BCUT2D eigenvalue weighted by Crippen LogP contribution is 2.30. The van der Waals surface area contributed by atoms with Gasteiger partial charge >= 0.3 is 6.18 Å². The molecule has 0 aliphatic carbocycles. The zero-order valence-electron chi connectivity index (χ0n) is 6.85. The molecule has 0 radical (unpaired) electrons. The number of benzene rings is 1. The van der Waals surface area contributed by atoms with Gasteiger partial charge in [0.05, 0.1) is 5.56 Å². The Bertz CT molecular complexity index is 296. The molecule has 1 nitrogen and oxygen atoms in total. The standard InChI is InChI=1S/C8H8F3N.ClH/c1-5-2-3-6(4-7(5)12)8(9,10)11;/h2-4H,12H2,1H3;1H. The van der Waals surface area contributed by atoms with E-state index in [2.05, 4.69) is 0 Å². The van der Waals surface area contributed by atoms with Crippen molar-refractivity contribution in [1.29, 1.82) is 0 Å². The number of hydrogen-bond donors (Lipinski definition) is 1. The second-order valence-electron chi connectivity index (χ2n) is 2.57. The highest BCUT2D eigenvalue weighted by atomic mass is 35.5. The molecule has 74 valence electrons. The van der Waals surface area contributed by atoms with Crippen LogP contribution in [0, 0.1) is 6.92 Å². The van der Waals surface area contributed by atoms with Crippen LogP contribution in [0.2, 0.25) is 0 Å². The molecule has 0 amide bonds. The van der Waals surface area contributed by atoms with Crippen LogP contribution < -0.4 is 5.73 Å². The minimum Gasteiger partial charge on any atom is -0.399 e. The Morgan fingerprint density at radius 3 is 2.15 bits per heavy atom. The number of aryl methyl sites for hydroxylation is 1. The van der Waals surface area contributed by atoms with Crippen molar-refractivity contribution in [2.75, 3.05) is 5.73 Å². The lowest BCUT2D eigenvalue weighted by Crippen LogP contribution is -2.05. The van der Waals surface area contributed by atoms with Crippen LogP contribution in [0.15, 0.2) is 18.2 Å².